The number of halogens is 1. The molecule has 0 aromatic carbocycles. The maximum atomic E-state index is 13.0. The molecule has 32 heavy (non-hydrogen) atoms. The van der Waals surface area contributed by atoms with E-state index in [0.29, 0.717) is 17.9 Å². The van der Waals surface area contributed by atoms with Crippen LogP contribution in [-0.4, -0.2) is 32.8 Å². The van der Waals surface area contributed by atoms with Gasteiger partial charge in [-0.3, -0.25) is 9.59 Å². The van der Waals surface area contributed by atoms with E-state index in [1.165, 1.54) is 26.4 Å². The first kappa shape index (κ1) is 29.1. The molecule has 4 nitrogen and oxygen atoms in total. The van der Waals surface area contributed by atoms with Crippen LogP contribution in [0.25, 0.3) is 0 Å². The molecule has 0 spiro atoms. The van der Waals surface area contributed by atoms with Crippen LogP contribution in [0.15, 0.2) is 22.8 Å². The maximum absolute atomic E-state index is 13.0. The smallest absolute Gasteiger partial charge is 0.305 e. The van der Waals surface area contributed by atoms with Gasteiger partial charge in [-0.1, -0.05) is 64.1 Å². The Balaban J connectivity index is 2.86. The van der Waals surface area contributed by atoms with Crippen molar-refractivity contribution in [3.8, 4) is 0 Å². The number of ether oxygens (including phenoxy) is 1. The molecule has 184 valence electrons. The van der Waals surface area contributed by atoms with Crippen LogP contribution >= 0.6 is 11.6 Å². The lowest BCUT2D eigenvalue weighted by Crippen LogP contribution is -2.42. The molecule has 0 aliphatic heterocycles. The summed E-state index contributed by atoms with van der Waals surface area (Å²) >= 11 is 6.37. The first-order valence-corrected chi connectivity index (χ1v) is 16.1. The minimum absolute atomic E-state index is 0.0908. The SMILES string of the molecule is COC(=O)CCCCC/C=C1\C(=O)C(Cl)=CC1(CCC(C)CCCC(C)C)O[Si](C)(C)C. The number of allylic oxidation sites excluding steroid dienone is 2. The fraction of sp³-hybridized carbons (Fsp3) is 0.769. The van der Waals surface area contributed by atoms with Gasteiger partial charge < -0.3 is 9.16 Å². The molecular weight excluding hydrogens is 440 g/mol. The molecule has 0 N–H and O–H groups in total. The zero-order valence-electron chi connectivity index (χ0n) is 21.4. The summed E-state index contributed by atoms with van der Waals surface area (Å²) in [4.78, 5) is 24.2. The van der Waals surface area contributed by atoms with Gasteiger partial charge in [-0.25, -0.2) is 0 Å². The first-order chi connectivity index (χ1) is 14.9. The number of methoxy groups -OCH3 is 1. The van der Waals surface area contributed by atoms with Crippen molar-refractivity contribution in [3.63, 3.8) is 0 Å². The number of esters is 1. The Morgan fingerprint density at radius 1 is 1.09 bits per heavy atom. The van der Waals surface area contributed by atoms with E-state index in [0.717, 1.165) is 44.4 Å². The van der Waals surface area contributed by atoms with Crippen molar-refractivity contribution in [2.75, 3.05) is 7.11 Å². The van der Waals surface area contributed by atoms with Gasteiger partial charge in [0, 0.05) is 12.0 Å². The summed E-state index contributed by atoms with van der Waals surface area (Å²) in [5.74, 6) is 1.06. The second kappa shape index (κ2) is 13.7. The van der Waals surface area contributed by atoms with E-state index >= 15 is 0 Å². The summed E-state index contributed by atoms with van der Waals surface area (Å²) in [6.07, 6.45) is 13.3. The highest BCUT2D eigenvalue weighted by Gasteiger charge is 2.46. The molecule has 1 rings (SSSR count). The molecule has 0 radical (unpaired) electrons. The summed E-state index contributed by atoms with van der Waals surface area (Å²) in [5, 5.41) is 0.285. The van der Waals surface area contributed by atoms with E-state index in [1.54, 1.807) is 0 Å². The van der Waals surface area contributed by atoms with Crippen LogP contribution in [-0.2, 0) is 18.8 Å². The zero-order valence-corrected chi connectivity index (χ0v) is 23.1. The molecule has 0 aromatic rings. The van der Waals surface area contributed by atoms with Crippen molar-refractivity contribution in [1.29, 1.82) is 0 Å². The van der Waals surface area contributed by atoms with Gasteiger partial charge in [0.1, 0.15) is 5.60 Å². The lowest BCUT2D eigenvalue weighted by atomic mass is 9.86. The molecule has 1 aliphatic rings. The van der Waals surface area contributed by atoms with Crippen LogP contribution in [0.2, 0.25) is 19.6 Å². The standard InChI is InChI=1S/C26H45ClO4Si/c1-20(2)13-12-14-21(3)17-18-26(31-32(5,6)7)19-23(27)25(29)22(26)15-10-8-9-11-16-24(28)30-4/h15,19-21H,8-14,16-18H2,1-7H3/b22-15+. The highest BCUT2D eigenvalue weighted by molar-refractivity contribution is 6.70. The Kier molecular flexibility index (Phi) is 12.5. The Morgan fingerprint density at radius 3 is 2.38 bits per heavy atom. The average Bonchev–Trinajstić information content (AvgIpc) is 2.91. The summed E-state index contributed by atoms with van der Waals surface area (Å²) in [7, 11) is -0.517. The van der Waals surface area contributed by atoms with Crippen LogP contribution in [0.1, 0.15) is 85.0 Å². The Hall–Kier alpha value is -0.913. The van der Waals surface area contributed by atoms with Crippen LogP contribution in [0.5, 0.6) is 0 Å². The fourth-order valence-corrected chi connectivity index (χ4v) is 5.88. The van der Waals surface area contributed by atoms with Gasteiger partial charge in [-0.05, 0) is 69.7 Å². The topological polar surface area (TPSA) is 52.6 Å². The summed E-state index contributed by atoms with van der Waals surface area (Å²) in [6, 6.07) is 0. The zero-order chi connectivity index (χ0) is 24.4. The summed E-state index contributed by atoms with van der Waals surface area (Å²) in [6.45, 7) is 13.3. The molecule has 0 heterocycles. The molecule has 0 bridgehead atoms. The third kappa shape index (κ3) is 10.3. The second-order valence-electron chi connectivity index (χ2n) is 10.7. The molecule has 6 heteroatoms. The number of carbonyl (C=O) groups is 2. The van der Waals surface area contributed by atoms with Crippen molar-refractivity contribution in [1.82, 2.24) is 0 Å². The predicted octanol–water partition coefficient (Wildman–Crippen LogP) is 7.57. The van der Waals surface area contributed by atoms with Gasteiger partial charge in [0.25, 0.3) is 0 Å². The van der Waals surface area contributed by atoms with Crippen molar-refractivity contribution >= 4 is 31.7 Å². The van der Waals surface area contributed by atoms with Gasteiger partial charge >= 0.3 is 5.97 Å². The van der Waals surface area contributed by atoms with E-state index in [-0.39, 0.29) is 16.8 Å². The Labute approximate surface area is 202 Å². The van der Waals surface area contributed by atoms with E-state index < -0.39 is 13.9 Å². The van der Waals surface area contributed by atoms with Gasteiger partial charge in [-0.15, -0.1) is 0 Å². The number of carbonyl (C=O) groups excluding carboxylic acids is 2. The number of ketones is 1. The second-order valence-corrected chi connectivity index (χ2v) is 15.5. The van der Waals surface area contributed by atoms with Crippen LogP contribution in [0, 0.1) is 11.8 Å². The Morgan fingerprint density at radius 2 is 1.78 bits per heavy atom. The summed E-state index contributed by atoms with van der Waals surface area (Å²) < 4.78 is 11.4. The largest absolute Gasteiger partial charge is 0.469 e. The van der Waals surface area contributed by atoms with Crippen LogP contribution in [0.4, 0.5) is 0 Å². The molecule has 0 saturated carbocycles. The van der Waals surface area contributed by atoms with Crippen molar-refractivity contribution in [2.24, 2.45) is 11.8 Å². The highest BCUT2D eigenvalue weighted by atomic mass is 35.5. The monoisotopic (exact) mass is 484 g/mol. The van der Waals surface area contributed by atoms with Crippen molar-refractivity contribution in [3.05, 3.63) is 22.8 Å². The molecule has 2 atom stereocenters. The lowest BCUT2D eigenvalue weighted by molar-refractivity contribution is -0.140. The quantitative estimate of drug-likeness (QED) is 0.104. The molecule has 0 aromatic heterocycles. The number of hydrogen-bond acceptors (Lipinski definition) is 4. The molecule has 1 aliphatic carbocycles. The van der Waals surface area contributed by atoms with Crippen LogP contribution in [0.3, 0.4) is 0 Å². The van der Waals surface area contributed by atoms with Gasteiger partial charge in [-0.2, -0.15) is 0 Å². The average molecular weight is 485 g/mol. The van der Waals surface area contributed by atoms with Gasteiger partial charge in [0.15, 0.2) is 8.32 Å². The first-order valence-electron chi connectivity index (χ1n) is 12.3. The number of Topliss-reactive ketones (excluding diaryl/α,β-unsaturated/α-hetero) is 1. The van der Waals surface area contributed by atoms with Crippen LogP contribution < -0.4 is 0 Å². The fourth-order valence-electron chi connectivity index (χ4n) is 4.24. The molecule has 0 amide bonds. The van der Waals surface area contributed by atoms with E-state index in [4.69, 9.17) is 16.0 Å². The molecule has 0 saturated heterocycles. The van der Waals surface area contributed by atoms with E-state index in [9.17, 15) is 9.59 Å². The molecular formula is C26H45ClO4Si. The predicted molar refractivity (Wildman–Crippen MR) is 136 cm³/mol. The number of rotatable bonds is 15. The highest BCUT2D eigenvalue weighted by Crippen LogP contribution is 2.42. The normalized spacial score (nSPS) is 21.3. The van der Waals surface area contributed by atoms with E-state index in [2.05, 4.69) is 45.1 Å². The third-order valence-electron chi connectivity index (χ3n) is 5.91. The molecule has 2 unspecified atom stereocenters. The Bertz CT molecular complexity index is 678. The molecule has 0 fully saturated rings. The number of hydrogen-bond donors (Lipinski definition) is 0. The van der Waals surface area contributed by atoms with Crippen molar-refractivity contribution in [2.45, 2.75) is 110 Å². The third-order valence-corrected chi connectivity index (χ3v) is 7.17. The minimum Gasteiger partial charge on any atom is -0.469 e. The minimum atomic E-state index is -1.93. The van der Waals surface area contributed by atoms with Gasteiger partial charge in [0.05, 0.1) is 12.1 Å². The summed E-state index contributed by atoms with van der Waals surface area (Å²) in [5.41, 5.74) is 0.0176. The lowest BCUT2D eigenvalue weighted by Gasteiger charge is -2.36. The van der Waals surface area contributed by atoms with Gasteiger partial charge in [0.2, 0.25) is 5.78 Å². The number of unbranched alkanes of at least 4 members (excludes halogenated alkanes) is 3. The van der Waals surface area contributed by atoms with E-state index in [1.807, 2.05) is 12.2 Å². The van der Waals surface area contributed by atoms with Crippen molar-refractivity contribution < 1.29 is 18.8 Å². The maximum Gasteiger partial charge on any atom is 0.305 e.